The third kappa shape index (κ3) is 2.77. The lowest BCUT2D eigenvalue weighted by molar-refractivity contribution is -0.138. The average Bonchev–Trinajstić information content (AvgIpc) is 2.30. The number of rotatable bonds is 3. The Balaban J connectivity index is 2.13. The van der Waals surface area contributed by atoms with Crippen LogP contribution in [0.3, 0.4) is 0 Å². The Morgan fingerprint density at radius 1 is 1.44 bits per heavy atom. The standard InChI is InChI=1S/C12H15NO2S/c14-12(15)8-13-6-7-16-9-11(13)10-4-2-1-3-5-10/h1-5,11H,6-9H2,(H,14,15). The summed E-state index contributed by atoms with van der Waals surface area (Å²) >= 11 is 1.89. The van der Waals surface area contributed by atoms with Gasteiger partial charge in [0.15, 0.2) is 0 Å². The van der Waals surface area contributed by atoms with Crippen molar-refractivity contribution in [3.05, 3.63) is 35.9 Å². The number of hydrogen-bond donors (Lipinski definition) is 1. The third-order valence-corrected chi connectivity index (χ3v) is 3.78. The first-order valence-corrected chi connectivity index (χ1v) is 6.51. The molecule has 1 aliphatic heterocycles. The fourth-order valence-electron chi connectivity index (χ4n) is 1.98. The Morgan fingerprint density at radius 2 is 2.19 bits per heavy atom. The van der Waals surface area contributed by atoms with E-state index >= 15 is 0 Å². The molecule has 86 valence electrons. The first kappa shape index (κ1) is 11.5. The average molecular weight is 237 g/mol. The van der Waals surface area contributed by atoms with Crippen molar-refractivity contribution in [3.8, 4) is 0 Å². The fourth-order valence-corrected chi connectivity index (χ4v) is 3.14. The minimum absolute atomic E-state index is 0.139. The number of hydrogen-bond acceptors (Lipinski definition) is 3. The number of carboxylic acid groups (broad SMARTS) is 1. The molecule has 0 saturated carbocycles. The van der Waals surface area contributed by atoms with Crippen molar-refractivity contribution < 1.29 is 9.90 Å². The molecular formula is C12H15NO2S. The number of benzene rings is 1. The molecule has 0 radical (unpaired) electrons. The van der Waals surface area contributed by atoms with E-state index in [1.165, 1.54) is 5.56 Å². The normalized spacial score (nSPS) is 21.9. The maximum absolute atomic E-state index is 10.8. The summed E-state index contributed by atoms with van der Waals surface area (Å²) in [4.78, 5) is 12.8. The van der Waals surface area contributed by atoms with Gasteiger partial charge in [-0.3, -0.25) is 9.69 Å². The topological polar surface area (TPSA) is 40.5 Å². The molecule has 0 aromatic heterocycles. The van der Waals surface area contributed by atoms with E-state index in [0.29, 0.717) is 0 Å². The first-order chi connectivity index (χ1) is 7.77. The van der Waals surface area contributed by atoms with Crippen LogP contribution in [0, 0.1) is 0 Å². The van der Waals surface area contributed by atoms with Crippen molar-refractivity contribution in [2.45, 2.75) is 6.04 Å². The van der Waals surface area contributed by atoms with Crippen LogP contribution in [0.4, 0.5) is 0 Å². The Hall–Kier alpha value is -1.00. The van der Waals surface area contributed by atoms with Gasteiger partial charge in [0.05, 0.1) is 6.54 Å². The number of thioether (sulfide) groups is 1. The molecule has 3 nitrogen and oxygen atoms in total. The Bertz CT molecular complexity index is 355. The summed E-state index contributed by atoms with van der Waals surface area (Å²) in [5.41, 5.74) is 1.22. The van der Waals surface area contributed by atoms with Gasteiger partial charge in [-0.2, -0.15) is 11.8 Å². The molecule has 0 bridgehead atoms. The van der Waals surface area contributed by atoms with E-state index in [-0.39, 0.29) is 12.6 Å². The summed E-state index contributed by atoms with van der Waals surface area (Å²) in [5.74, 6) is 1.27. The van der Waals surface area contributed by atoms with Gasteiger partial charge in [0.25, 0.3) is 0 Å². The molecule has 0 aliphatic carbocycles. The molecule has 2 rings (SSSR count). The second-order valence-corrected chi connectivity index (χ2v) is 5.02. The molecule has 1 N–H and O–H groups in total. The highest BCUT2D eigenvalue weighted by atomic mass is 32.2. The van der Waals surface area contributed by atoms with Crippen LogP contribution in [0.2, 0.25) is 0 Å². The van der Waals surface area contributed by atoms with Gasteiger partial charge in [0.1, 0.15) is 0 Å². The summed E-state index contributed by atoms with van der Waals surface area (Å²) in [5, 5.41) is 8.88. The van der Waals surface area contributed by atoms with Crippen LogP contribution in [0.5, 0.6) is 0 Å². The molecule has 1 fully saturated rings. The van der Waals surface area contributed by atoms with Gasteiger partial charge in [0, 0.05) is 24.1 Å². The van der Waals surface area contributed by atoms with E-state index in [9.17, 15) is 4.79 Å². The molecule has 0 spiro atoms. The molecule has 1 atom stereocenters. The van der Waals surface area contributed by atoms with Gasteiger partial charge in [-0.25, -0.2) is 0 Å². The van der Waals surface area contributed by atoms with Crippen LogP contribution >= 0.6 is 11.8 Å². The summed E-state index contributed by atoms with van der Waals surface area (Å²) in [6.07, 6.45) is 0. The van der Waals surface area contributed by atoms with Crippen LogP contribution in [-0.4, -0.2) is 40.6 Å². The van der Waals surface area contributed by atoms with Crippen molar-refractivity contribution >= 4 is 17.7 Å². The molecular weight excluding hydrogens is 222 g/mol. The van der Waals surface area contributed by atoms with Crippen LogP contribution < -0.4 is 0 Å². The molecule has 1 aromatic carbocycles. The number of aliphatic carboxylic acids is 1. The second kappa shape index (κ2) is 5.37. The van der Waals surface area contributed by atoms with Crippen LogP contribution in [0.1, 0.15) is 11.6 Å². The molecule has 1 heterocycles. The quantitative estimate of drug-likeness (QED) is 0.871. The smallest absolute Gasteiger partial charge is 0.317 e. The summed E-state index contributed by atoms with van der Waals surface area (Å²) < 4.78 is 0. The lowest BCUT2D eigenvalue weighted by Crippen LogP contribution is -2.39. The van der Waals surface area contributed by atoms with Crippen molar-refractivity contribution in [2.75, 3.05) is 24.6 Å². The minimum Gasteiger partial charge on any atom is -0.480 e. The summed E-state index contributed by atoms with van der Waals surface area (Å²) in [6, 6.07) is 10.4. The Labute approximate surface area is 99.5 Å². The zero-order valence-electron chi connectivity index (χ0n) is 9.00. The number of carboxylic acids is 1. The highest BCUT2D eigenvalue weighted by Crippen LogP contribution is 2.28. The van der Waals surface area contributed by atoms with Gasteiger partial charge in [-0.05, 0) is 5.56 Å². The highest BCUT2D eigenvalue weighted by molar-refractivity contribution is 7.99. The van der Waals surface area contributed by atoms with Gasteiger partial charge >= 0.3 is 5.97 Å². The van der Waals surface area contributed by atoms with Gasteiger partial charge < -0.3 is 5.11 Å². The maximum atomic E-state index is 10.8. The van der Waals surface area contributed by atoms with E-state index in [4.69, 9.17) is 5.11 Å². The largest absolute Gasteiger partial charge is 0.480 e. The van der Waals surface area contributed by atoms with Crippen molar-refractivity contribution in [1.29, 1.82) is 0 Å². The molecule has 1 aliphatic rings. The van der Waals surface area contributed by atoms with Gasteiger partial charge in [0.2, 0.25) is 0 Å². The number of carbonyl (C=O) groups is 1. The maximum Gasteiger partial charge on any atom is 0.317 e. The highest BCUT2D eigenvalue weighted by Gasteiger charge is 2.25. The number of nitrogens with zero attached hydrogens (tertiary/aromatic N) is 1. The predicted molar refractivity (Wildman–Crippen MR) is 65.7 cm³/mol. The molecule has 16 heavy (non-hydrogen) atoms. The van der Waals surface area contributed by atoms with Crippen molar-refractivity contribution in [3.63, 3.8) is 0 Å². The monoisotopic (exact) mass is 237 g/mol. The molecule has 0 amide bonds. The van der Waals surface area contributed by atoms with E-state index in [0.717, 1.165) is 18.1 Å². The van der Waals surface area contributed by atoms with E-state index < -0.39 is 5.97 Å². The van der Waals surface area contributed by atoms with Gasteiger partial charge in [-0.15, -0.1) is 0 Å². The molecule has 4 heteroatoms. The third-order valence-electron chi connectivity index (χ3n) is 2.76. The zero-order valence-corrected chi connectivity index (χ0v) is 9.82. The van der Waals surface area contributed by atoms with E-state index in [2.05, 4.69) is 12.1 Å². The van der Waals surface area contributed by atoms with Crippen molar-refractivity contribution in [2.24, 2.45) is 0 Å². The zero-order chi connectivity index (χ0) is 11.4. The Morgan fingerprint density at radius 3 is 2.88 bits per heavy atom. The van der Waals surface area contributed by atoms with Gasteiger partial charge in [-0.1, -0.05) is 30.3 Å². The van der Waals surface area contributed by atoms with Crippen molar-refractivity contribution in [1.82, 2.24) is 4.90 Å². The molecule has 1 unspecified atom stereocenters. The summed E-state index contributed by atoms with van der Waals surface area (Å²) in [7, 11) is 0. The lowest BCUT2D eigenvalue weighted by atomic mass is 10.1. The summed E-state index contributed by atoms with van der Waals surface area (Å²) in [6.45, 7) is 0.997. The fraction of sp³-hybridized carbons (Fsp3) is 0.417. The van der Waals surface area contributed by atoms with Crippen LogP contribution in [0.15, 0.2) is 30.3 Å². The van der Waals surface area contributed by atoms with Crippen LogP contribution in [0.25, 0.3) is 0 Å². The van der Waals surface area contributed by atoms with E-state index in [1.54, 1.807) is 0 Å². The Kier molecular flexibility index (Phi) is 3.85. The minimum atomic E-state index is -0.743. The molecule has 1 aromatic rings. The van der Waals surface area contributed by atoms with Crippen LogP contribution in [-0.2, 0) is 4.79 Å². The molecule has 1 saturated heterocycles. The SMILES string of the molecule is O=C(O)CN1CCSCC1c1ccccc1. The lowest BCUT2D eigenvalue weighted by Gasteiger charge is -2.34. The predicted octanol–water partition coefficient (Wildman–Crippen LogP) is 1.86. The second-order valence-electron chi connectivity index (χ2n) is 3.87. The first-order valence-electron chi connectivity index (χ1n) is 5.36. The van der Waals surface area contributed by atoms with E-state index in [1.807, 2.05) is 34.9 Å².